The average molecular weight is 375 g/mol. The number of hydrogen-bond donors (Lipinski definition) is 3. The van der Waals surface area contributed by atoms with Crippen LogP contribution in [0.25, 0.3) is 0 Å². The van der Waals surface area contributed by atoms with Gasteiger partial charge < -0.3 is 15.7 Å². The molecule has 0 fully saturated rings. The van der Waals surface area contributed by atoms with Crippen molar-refractivity contribution in [2.45, 2.75) is 0 Å². The lowest BCUT2D eigenvalue weighted by Crippen LogP contribution is -2.04. The standard InChI is InChI=1S/C17H12Cl2N4O2/c18-12-6-5-10(7-13(12)19)22-15-8-16(21-9-20-15)23-14-4-2-1-3-11(14)17(24)25/h1-9H,(H,24,25)(H2,20,21,22,23). The molecular formula is C17H12Cl2N4O2. The number of anilines is 4. The molecule has 0 saturated heterocycles. The fourth-order valence-electron chi connectivity index (χ4n) is 2.13. The maximum Gasteiger partial charge on any atom is 0.337 e. The zero-order valence-electron chi connectivity index (χ0n) is 12.7. The number of halogens is 2. The Morgan fingerprint density at radius 2 is 1.64 bits per heavy atom. The summed E-state index contributed by atoms with van der Waals surface area (Å²) in [6, 6.07) is 13.4. The second-order valence-corrected chi connectivity index (χ2v) is 5.83. The second-order valence-electron chi connectivity index (χ2n) is 5.02. The van der Waals surface area contributed by atoms with E-state index in [0.29, 0.717) is 33.1 Å². The third-order valence-electron chi connectivity index (χ3n) is 3.28. The average Bonchev–Trinajstić information content (AvgIpc) is 2.59. The van der Waals surface area contributed by atoms with E-state index in [4.69, 9.17) is 23.2 Å². The molecule has 3 aromatic rings. The molecule has 0 unspecified atom stereocenters. The van der Waals surface area contributed by atoms with Gasteiger partial charge in [-0.15, -0.1) is 0 Å². The third-order valence-corrected chi connectivity index (χ3v) is 4.02. The van der Waals surface area contributed by atoms with Crippen LogP contribution in [0.3, 0.4) is 0 Å². The van der Waals surface area contributed by atoms with Gasteiger partial charge in [-0.05, 0) is 30.3 Å². The maximum atomic E-state index is 11.3. The van der Waals surface area contributed by atoms with Gasteiger partial charge in [0.25, 0.3) is 0 Å². The smallest absolute Gasteiger partial charge is 0.337 e. The van der Waals surface area contributed by atoms with Crippen molar-refractivity contribution in [3.05, 3.63) is 70.5 Å². The normalized spacial score (nSPS) is 10.3. The Morgan fingerprint density at radius 3 is 2.36 bits per heavy atom. The minimum absolute atomic E-state index is 0.153. The SMILES string of the molecule is O=C(O)c1ccccc1Nc1cc(Nc2ccc(Cl)c(Cl)c2)ncn1. The minimum Gasteiger partial charge on any atom is -0.478 e. The van der Waals surface area contributed by atoms with E-state index in [9.17, 15) is 9.90 Å². The molecule has 126 valence electrons. The number of benzene rings is 2. The molecule has 1 heterocycles. The van der Waals surface area contributed by atoms with Gasteiger partial charge in [-0.1, -0.05) is 35.3 Å². The molecule has 0 saturated carbocycles. The summed E-state index contributed by atoms with van der Waals surface area (Å²) in [6.07, 6.45) is 1.37. The van der Waals surface area contributed by atoms with Gasteiger partial charge in [0.2, 0.25) is 0 Å². The van der Waals surface area contributed by atoms with Gasteiger partial charge in [-0.25, -0.2) is 14.8 Å². The molecule has 8 heteroatoms. The molecule has 0 spiro atoms. The van der Waals surface area contributed by atoms with Gasteiger partial charge in [0.15, 0.2) is 0 Å². The Labute approximate surface area is 153 Å². The number of hydrogen-bond acceptors (Lipinski definition) is 5. The molecular weight excluding hydrogens is 363 g/mol. The van der Waals surface area contributed by atoms with E-state index in [2.05, 4.69) is 20.6 Å². The van der Waals surface area contributed by atoms with Crippen molar-refractivity contribution >= 4 is 52.2 Å². The predicted octanol–water partition coefficient (Wildman–Crippen LogP) is 4.97. The van der Waals surface area contributed by atoms with Crippen molar-refractivity contribution in [3.8, 4) is 0 Å². The van der Waals surface area contributed by atoms with E-state index in [1.54, 1.807) is 42.5 Å². The molecule has 0 amide bonds. The maximum absolute atomic E-state index is 11.3. The minimum atomic E-state index is -1.02. The lowest BCUT2D eigenvalue weighted by Gasteiger charge is -2.10. The van der Waals surface area contributed by atoms with Crippen molar-refractivity contribution < 1.29 is 9.90 Å². The first-order chi connectivity index (χ1) is 12.0. The van der Waals surface area contributed by atoms with Crippen LogP contribution >= 0.6 is 23.2 Å². The summed E-state index contributed by atoms with van der Waals surface area (Å²) >= 11 is 11.9. The molecule has 0 aliphatic heterocycles. The molecule has 25 heavy (non-hydrogen) atoms. The summed E-state index contributed by atoms with van der Waals surface area (Å²) in [4.78, 5) is 19.5. The summed E-state index contributed by atoms with van der Waals surface area (Å²) in [5, 5.41) is 16.2. The van der Waals surface area contributed by atoms with Crippen LogP contribution in [0.1, 0.15) is 10.4 Å². The van der Waals surface area contributed by atoms with E-state index in [1.165, 1.54) is 12.4 Å². The summed E-state index contributed by atoms with van der Waals surface area (Å²) < 4.78 is 0. The Hall–Kier alpha value is -2.83. The highest BCUT2D eigenvalue weighted by Gasteiger charge is 2.10. The van der Waals surface area contributed by atoms with Crippen molar-refractivity contribution in [1.29, 1.82) is 0 Å². The number of aromatic carboxylic acids is 1. The lowest BCUT2D eigenvalue weighted by molar-refractivity contribution is 0.0698. The number of nitrogens with one attached hydrogen (secondary N) is 2. The third kappa shape index (κ3) is 4.17. The number of nitrogens with zero attached hydrogens (tertiary/aromatic N) is 2. The lowest BCUT2D eigenvalue weighted by atomic mass is 10.2. The van der Waals surface area contributed by atoms with Crippen LogP contribution in [0, 0.1) is 0 Å². The van der Waals surface area contributed by atoms with Gasteiger partial charge >= 0.3 is 5.97 Å². The number of carboxylic acids is 1. The van der Waals surface area contributed by atoms with E-state index >= 15 is 0 Å². The molecule has 6 nitrogen and oxygen atoms in total. The van der Waals surface area contributed by atoms with Crippen molar-refractivity contribution in [3.63, 3.8) is 0 Å². The zero-order chi connectivity index (χ0) is 17.8. The summed E-state index contributed by atoms with van der Waals surface area (Å²) in [7, 11) is 0. The molecule has 0 bridgehead atoms. The molecule has 3 rings (SSSR count). The van der Waals surface area contributed by atoms with Crippen LogP contribution in [0.15, 0.2) is 54.9 Å². The molecule has 0 aliphatic rings. The van der Waals surface area contributed by atoms with Gasteiger partial charge in [0.1, 0.15) is 18.0 Å². The number of carbonyl (C=O) groups is 1. The highest BCUT2D eigenvalue weighted by atomic mass is 35.5. The van der Waals surface area contributed by atoms with E-state index in [1.807, 2.05) is 0 Å². The molecule has 2 aromatic carbocycles. The van der Waals surface area contributed by atoms with E-state index in [-0.39, 0.29) is 5.56 Å². The number of carboxylic acid groups (broad SMARTS) is 1. The predicted molar refractivity (Wildman–Crippen MR) is 98.5 cm³/mol. The molecule has 0 atom stereocenters. The fraction of sp³-hybridized carbons (Fsp3) is 0. The van der Waals surface area contributed by atoms with Gasteiger partial charge in [0, 0.05) is 11.8 Å². The first-order valence-electron chi connectivity index (χ1n) is 7.16. The van der Waals surface area contributed by atoms with Gasteiger partial charge in [-0.3, -0.25) is 0 Å². The topological polar surface area (TPSA) is 87.1 Å². The van der Waals surface area contributed by atoms with E-state index < -0.39 is 5.97 Å². The number of aromatic nitrogens is 2. The van der Waals surface area contributed by atoms with Crippen LogP contribution in [-0.4, -0.2) is 21.0 Å². The van der Waals surface area contributed by atoms with Crippen LogP contribution in [0.2, 0.25) is 10.0 Å². The molecule has 1 aromatic heterocycles. The monoisotopic (exact) mass is 374 g/mol. The molecule has 0 aliphatic carbocycles. The van der Waals surface area contributed by atoms with Crippen molar-refractivity contribution in [2.75, 3.05) is 10.6 Å². The summed E-state index contributed by atoms with van der Waals surface area (Å²) in [5.74, 6) is -0.0544. The van der Waals surface area contributed by atoms with Gasteiger partial charge in [0.05, 0.1) is 21.3 Å². The highest BCUT2D eigenvalue weighted by Crippen LogP contribution is 2.27. The molecule has 0 radical (unpaired) electrons. The largest absolute Gasteiger partial charge is 0.478 e. The number of rotatable bonds is 5. The zero-order valence-corrected chi connectivity index (χ0v) is 14.2. The van der Waals surface area contributed by atoms with Crippen LogP contribution in [-0.2, 0) is 0 Å². The van der Waals surface area contributed by atoms with Crippen molar-refractivity contribution in [2.24, 2.45) is 0 Å². The first-order valence-corrected chi connectivity index (χ1v) is 7.92. The highest BCUT2D eigenvalue weighted by molar-refractivity contribution is 6.42. The Morgan fingerprint density at radius 1 is 0.920 bits per heavy atom. The summed E-state index contributed by atoms with van der Waals surface area (Å²) in [6.45, 7) is 0. The fourth-order valence-corrected chi connectivity index (χ4v) is 2.43. The van der Waals surface area contributed by atoms with E-state index in [0.717, 1.165) is 0 Å². The number of para-hydroxylation sites is 1. The van der Waals surface area contributed by atoms with Crippen LogP contribution in [0.5, 0.6) is 0 Å². The molecule has 3 N–H and O–H groups in total. The first kappa shape index (κ1) is 17.0. The van der Waals surface area contributed by atoms with Crippen molar-refractivity contribution in [1.82, 2.24) is 9.97 Å². The van der Waals surface area contributed by atoms with Gasteiger partial charge in [-0.2, -0.15) is 0 Å². The summed E-state index contributed by atoms with van der Waals surface area (Å²) in [5.41, 5.74) is 1.30. The Balaban J connectivity index is 1.82. The quantitative estimate of drug-likeness (QED) is 0.584. The Kier molecular flexibility index (Phi) is 5.02. The Bertz CT molecular complexity index is 934. The van der Waals surface area contributed by atoms with Crippen LogP contribution in [0.4, 0.5) is 23.0 Å². The second kappa shape index (κ2) is 7.38. The van der Waals surface area contributed by atoms with Crippen LogP contribution < -0.4 is 10.6 Å².